The molecule has 1 aromatic heterocycles. The summed E-state index contributed by atoms with van der Waals surface area (Å²) in [7, 11) is 3.08. The van der Waals surface area contributed by atoms with Crippen LogP contribution in [0, 0.1) is 0 Å². The van der Waals surface area contributed by atoms with E-state index in [-0.39, 0.29) is 24.7 Å². The summed E-state index contributed by atoms with van der Waals surface area (Å²) in [6, 6.07) is 4.05. The number of hydrogen-bond acceptors (Lipinski definition) is 4. The van der Waals surface area contributed by atoms with E-state index in [0.29, 0.717) is 6.54 Å². The summed E-state index contributed by atoms with van der Waals surface area (Å²) in [5.74, 6) is -0.364. The molecule has 0 saturated heterocycles. The second-order valence-electron chi connectivity index (χ2n) is 3.72. The number of nitrogens with zero attached hydrogens (tertiary/aromatic N) is 1. The Morgan fingerprint density at radius 3 is 2.76 bits per heavy atom. The predicted molar refractivity (Wildman–Crippen MR) is 66.9 cm³/mol. The third kappa shape index (κ3) is 4.99. The second-order valence-corrected chi connectivity index (χ2v) is 4.75. The van der Waals surface area contributed by atoms with Gasteiger partial charge in [-0.25, -0.2) is 0 Å². The SMILES string of the molecule is COC(=O)CCC(=O)N(C)CCc1cccs1. The van der Waals surface area contributed by atoms with Crippen molar-refractivity contribution in [2.45, 2.75) is 19.3 Å². The van der Waals surface area contributed by atoms with Crippen LogP contribution in [0.3, 0.4) is 0 Å². The van der Waals surface area contributed by atoms with Crippen LogP contribution in [0.1, 0.15) is 17.7 Å². The lowest BCUT2D eigenvalue weighted by Crippen LogP contribution is -2.29. The maximum absolute atomic E-state index is 11.6. The number of rotatable bonds is 6. The zero-order valence-electron chi connectivity index (χ0n) is 10.1. The standard InChI is InChI=1S/C12H17NO3S/c1-13(8-7-10-4-3-9-17-10)11(14)5-6-12(15)16-2/h3-4,9H,5-8H2,1-2H3. The van der Waals surface area contributed by atoms with Crippen LogP contribution in [0.25, 0.3) is 0 Å². The molecular weight excluding hydrogens is 238 g/mol. The average molecular weight is 255 g/mol. The molecule has 17 heavy (non-hydrogen) atoms. The summed E-state index contributed by atoms with van der Waals surface area (Å²) in [5, 5.41) is 2.02. The molecule has 0 aromatic carbocycles. The van der Waals surface area contributed by atoms with Gasteiger partial charge in [0.2, 0.25) is 5.91 Å². The highest BCUT2D eigenvalue weighted by molar-refractivity contribution is 7.09. The minimum Gasteiger partial charge on any atom is -0.469 e. The predicted octanol–water partition coefficient (Wildman–Crippen LogP) is 1.70. The molecule has 4 nitrogen and oxygen atoms in total. The zero-order chi connectivity index (χ0) is 12.7. The molecule has 0 N–H and O–H groups in total. The third-order valence-corrected chi connectivity index (χ3v) is 3.41. The third-order valence-electron chi connectivity index (χ3n) is 2.47. The van der Waals surface area contributed by atoms with Crippen molar-refractivity contribution in [2.24, 2.45) is 0 Å². The highest BCUT2D eigenvalue weighted by Gasteiger charge is 2.11. The molecule has 1 aromatic rings. The minimum atomic E-state index is -0.343. The minimum absolute atomic E-state index is 0.0213. The summed E-state index contributed by atoms with van der Waals surface area (Å²) in [6.07, 6.45) is 1.23. The average Bonchev–Trinajstić information content (AvgIpc) is 2.85. The van der Waals surface area contributed by atoms with Crippen LogP contribution < -0.4 is 0 Å². The molecular formula is C12H17NO3S. The van der Waals surface area contributed by atoms with Gasteiger partial charge in [-0.2, -0.15) is 0 Å². The summed E-state index contributed by atoms with van der Waals surface area (Å²) in [4.78, 5) is 25.5. The number of esters is 1. The fourth-order valence-electron chi connectivity index (χ4n) is 1.36. The number of amides is 1. The van der Waals surface area contributed by atoms with Gasteiger partial charge in [-0.15, -0.1) is 11.3 Å². The lowest BCUT2D eigenvalue weighted by Gasteiger charge is -2.16. The topological polar surface area (TPSA) is 46.6 Å². The lowest BCUT2D eigenvalue weighted by molar-refractivity contribution is -0.143. The smallest absolute Gasteiger partial charge is 0.306 e. The molecule has 0 aliphatic carbocycles. The van der Waals surface area contributed by atoms with E-state index in [1.165, 1.54) is 12.0 Å². The van der Waals surface area contributed by atoms with Crippen molar-refractivity contribution < 1.29 is 14.3 Å². The molecule has 0 atom stereocenters. The van der Waals surface area contributed by atoms with Gasteiger partial charge in [-0.3, -0.25) is 9.59 Å². The fourth-order valence-corrected chi connectivity index (χ4v) is 2.06. The number of methoxy groups -OCH3 is 1. The highest BCUT2D eigenvalue weighted by Crippen LogP contribution is 2.09. The van der Waals surface area contributed by atoms with E-state index in [1.807, 2.05) is 11.4 Å². The van der Waals surface area contributed by atoms with Gasteiger partial charge in [-0.1, -0.05) is 6.07 Å². The van der Waals surface area contributed by atoms with Gasteiger partial charge in [0.1, 0.15) is 0 Å². The van der Waals surface area contributed by atoms with Crippen LogP contribution in [0.4, 0.5) is 0 Å². The van der Waals surface area contributed by atoms with E-state index in [2.05, 4.69) is 10.8 Å². The molecule has 0 radical (unpaired) electrons. The first-order valence-corrected chi connectivity index (χ1v) is 6.34. The van der Waals surface area contributed by atoms with Gasteiger partial charge >= 0.3 is 5.97 Å². The van der Waals surface area contributed by atoms with Crippen molar-refractivity contribution in [1.82, 2.24) is 4.90 Å². The quantitative estimate of drug-likeness (QED) is 0.727. The molecule has 0 bridgehead atoms. The number of thiophene rings is 1. The van der Waals surface area contributed by atoms with Gasteiger partial charge in [0.25, 0.3) is 0 Å². The maximum Gasteiger partial charge on any atom is 0.306 e. The Bertz CT molecular complexity index is 362. The van der Waals surface area contributed by atoms with Gasteiger partial charge in [0, 0.05) is 24.9 Å². The fraction of sp³-hybridized carbons (Fsp3) is 0.500. The monoisotopic (exact) mass is 255 g/mol. The first-order chi connectivity index (χ1) is 8.13. The number of hydrogen-bond donors (Lipinski definition) is 0. The molecule has 0 aliphatic heterocycles. The van der Waals surface area contributed by atoms with Crippen molar-refractivity contribution in [2.75, 3.05) is 20.7 Å². The van der Waals surface area contributed by atoms with E-state index < -0.39 is 0 Å². The molecule has 0 unspecified atom stereocenters. The van der Waals surface area contributed by atoms with Crippen LogP contribution in [0.15, 0.2) is 17.5 Å². The largest absolute Gasteiger partial charge is 0.469 e. The zero-order valence-corrected chi connectivity index (χ0v) is 11.0. The Balaban J connectivity index is 2.24. The van der Waals surface area contributed by atoms with Gasteiger partial charge < -0.3 is 9.64 Å². The summed E-state index contributed by atoms with van der Waals surface area (Å²) in [6.45, 7) is 0.681. The van der Waals surface area contributed by atoms with Gasteiger partial charge in [0.15, 0.2) is 0 Å². The van der Waals surface area contributed by atoms with Crippen molar-refractivity contribution in [3.05, 3.63) is 22.4 Å². The first kappa shape index (κ1) is 13.7. The summed E-state index contributed by atoms with van der Waals surface area (Å²) >= 11 is 1.69. The lowest BCUT2D eigenvalue weighted by atomic mass is 10.2. The molecule has 0 spiro atoms. The van der Waals surface area contributed by atoms with Crippen LogP contribution in [0.2, 0.25) is 0 Å². The maximum atomic E-state index is 11.6. The van der Waals surface area contributed by atoms with E-state index in [1.54, 1.807) is 23.3 Å². The van der Waals surface area contributed by atoms with Crippen LogP contribution in [-0.4, -0.2) is 37.5 Å². The normalized spacial score (nSPS) is 10.0. The van der Waals surface area contributed by atoms with E-state index in [0.717, 1.165) is 6.42 Å². The van der Waals surface area contributed by atoms with E-state index in [9.17, 15) is 9.59 Å². The summed E-state index contributed by atoms with van der Waals surface area (Å²) < 4.78 is 4.49. The Labute approximate surface area is 105 Å². The van der Waals surface area contributed by atoms with Gasteiger partial charge in [0.05, 0.1) is 13.5 Å². The molecule has 1 amide bonds. The Kier molecular flexibility index (Phi) is 5.69. The van der Waals surface area contributed by atoms with Crippen LogP contribution in [0.5, 0.6) is 0 Å². The Hall–Kier alpha value is -1.36. The van der Waals surface area contributed by atoms with Crippen LogP contribution >= 0.6 is 11.3 Å². The molecule has 0 aliphatic rings. The molecule has 5 heteroatoms. The number of ether oxygens (including phenoxy) is 1. The number of carbonyl (C=O) groups is 2. The number of likely N-dealkylation sites (N-methyl/N-ethyl adjacent to an activating group) is 1. The van der Waals surface area contributed by atoms with Crippen molar-refractivity contribution >= 4 is 23.2 Å². The molecule has 94 valence electrons. The first-order valence-electron chi connectivity index (χ1n) is 5.46. The molecule has 1 heterocycles. The molecule has 0 saturated carbocycles. The molecule has 1 rings (SSSR count). The van der Waals surface area contributed by atoms with Crippen molar-refractivity contribution in [3.63, 3.8) is 0 Å². The van der Waals surface area contributed by atoms with Crippen molar-refractivity contribution in [3.8, 4) is 0 Å². The number of carbonyl (C=O) groups excluding carboxylic acids is 2. The van der Waals surface area contributed by atoms with Crippen molar-refractivity contribution in [1.29, 1.82) is 0 Å². The molecule has 0 fully saturated rings. The Morgan fingerprint density at radius 1 is 1.41 bits per heavy atom. The van der Waals surface area contributed by atoms with Gasteiger partial charge in [-0.05, 0) is 17.9 Å². The van der Waals surface area contributed by atoms with E-state index in [4.69, 9.17) is 0 Å². The van der Waals surface area contributed by atoms with Crippen LogP contribution in [-0.2, 0) is 20.7 Å². The highest BCUT2D eigenvalue weighted by atomic mass is 32.1. The Morgan fingerprint density at radius 2 is 2.18 bits per heavy atom. The second kappa shape index (κ2) is 7.06. The summed E-state index contributed by atoms with van der Waals surface area (Å²) in [5.41, 5.74) is 0. The van der Waals surface area contributed by atoms with E-state index >= 15 is 0 Å².